The van der Waals surface area contributed by atoms with Gasteiger partial charge in [0.2, 0.25) is 11.8 Å². The van der Waals surface area contributed by atoms with Crippen LogP contribution in [-0.4, -0.2) is 31.0 Å². The first-order valence-corrected chi connectivity index (χ1v) is 7.64. The van der Waals surface area contributed by atoms with Crippen LogP contribution < -0.4 is 15.4 Å². The van der Waals surface area contributed by atoms with Crippen molar-refractivity contribution in [3.8, 4) is 5.75 Å². The summed E-state index contributed by atoms with van der Waals surface area (Å²) in [5, 5.41) is 5.52. The fourth-order valence-electron chi connectivity index (χ4n) is 2.93. The number of amides is 2. The number of benzene rings is 1. The topological polar surface area (TPSA) is 67.4 Å². The number of nitrogens with one attached hydrogen (secondary N) is 2. The van der Waals surface area contributed by atoms with Gasteiger partial charge in [-0.15, -0.1) is 0 Å². The molecule has 2 aliphatic heterocycles. The van der Waals surface area contributed by atoms with Crippen LogP contribution in [0.1, 0.15) is 37.2 Å². The Hall–Kier alpha value is -1.95. The van der Waals surface area contributed by atoms with Gasteiger partial charge in [0.25, 0.3) is 0 Å². The summed E-state index contributed by atoms with van der Waals surface area (Å²) in [7, 11) is 0. The van der Waals surface area contributed by atoms with E-state index in [-0.39, 0.29) is 30.1 Å². The molecule has 2 aliphatic rings. The van der Waals surface area contributed by atoms with E-state index in [0.717, 1.165) is 25.9 Å². The quantitative estimate of drug-likeness (QED) is 0.830. The molecule has 0 saturated carbocycles. The Morgan fingerprint density at radius 3 is 2.59 bits per heavy atom. The van der Waals surface area contributed by atoms with E-state index in [1.807, 2.05) is 0 Å². The molecule has 22 heavy (non-hydrogen) atoms. The summed E-state index contributed by atoms with van der Waals surface area (Å²) in [5.74, 6) is -1.33. The third-order valence-corrected chi connectivity index (χ3v) is 4.18. The number of carbonyl (C=O) groups excluding carboxylic acids is 2. The standard InChI is InChI=1S/C16H19FN2O3/c17-13-9-10(12-2-4-15(20)19-16(12)21)1-3-14(13)22-11-5-7-18-8-6-11/h1,3,9,11-12,18H,2,4-8H2,(H,19,20,21). The van der Waals surface area contributed by atoms with Gasteiger partial charge in [-0.05, 0) is 50.0 Å². The summed E-state index contributed by atoms with van der Waals surface area (Å²) in [6, 6.07) is 4.63. The van der Waals surface area contributed by atoms with Gasteiger partial charge in [0.15, 0.2) is 11.6 Å². The van der Waals surface area contributed by atoms with Crippen LogP contribution in [0.25, 0.3) is 0 Å². The highest BCUT2D eigenvalue weighted by Gasteiger charge is 2.28. The summed E-state index contributed by atoms with van der Waals surface area (Å²) >= 11 is 0. The lowest BCUT2D eigenvalue weighted by Gasteiger charge is -2.25. The Kier molecular flexibility index (Phi) is 4.38. The number of ether oxygens (including phenoxy) is 1. The maximum Gasteiger partial charge on any atom is 0.234 e. The first-order chi connectivity index (χ1) is 10.6. The number of carbonyl (C=O) groups is 2. The second kappa shape index (κ2) is 6.44. The predicted molar refractivity (Wildman–Crippen MR) is 78.0 cm³/mol. The van der Waals surface area contributed by atoms with Crippen LogP contribution in [0.5, 0.6) is 5.75 Å². The maximum absolute atomic E-state index is 14.2. The predicted octanol–water partition coefficient (Wildman–Crippen LogP) is 1.48. The van der Waals surface area contributed by atoms with Crippen LogP contribution >= 0.6 is 0 Å². The van der Waals surface area contributed by atoms with E-state index in [2.05, 4.69) is 10.6 Å². The zero-order valence-electron chi connectivity index (χ0n) is 12.2. The molecule has 5 nitrogen and oxygen atoms in total. The van der Waals surface area contributed by atoms with Gasteiger partial charge in [0.1, 0.15) is 6.10 Å². The number of piperidine rings is 2. The fraction of sp³-hybridized carbons (Fsp3) is 0.500. The molecule has 1 aromatic carbocycles. The number of hydrogen-bond donors (Lipinski definition) is 2. The molecule has 2 amide bonds. The summed E-state index contributed by atoms with van der Waals surface area (Å²) < 4.78 is 19.9. The van der Waals surface area contributed by atoms with Crippen molar-refractivity contribution < 1.29 is 18.7 Å². The Labute approximate surface area is 128 Å². The highest BCUT2D eigenvalue weighted by molar-refractivity contribution is 6.00. The molecule has 1 aromatic rings. The zero-order chi connectivity index (χ0) is 15.5. The molecule has 0 bridgehead atoms. The largest absolute Gasteiger partial charge is 0.487 e. The lowest BCUT2D eigenvalue weighted by Crippen LogP contribution is -2.39. The summed E-state index contributed by atoms with van der Waals surface area (Å²) in [6.45, 7) is 1.75. The molecule has 0 aliphatic carbocycles. The highest BCUT2D eigenvalue weighted by Crippen LogP contribution is 2.29. The zero-order valence-corrected chi connectivity index (χ0v) is 12.2. The van der Waals surface area contributed by atoms with E-state index >= 15 is 0 Å². The van der Waals surface area contributed by atoms with Gasteiger partial charge in [0.05, 0.1) is 5.92 Å². The Morgan fingerprint density at radius 2 is 1.91 bits per heavy atom. The first-order valence-electron chi connectivity index (χ1n) is 7.64. The van der Waals surface area contributed by atoms with E-state index in [4.69, 9.17) is 4.74 Å². The van der Waals surface area contributed by atoms with Crippen LogP contribution in [0.15, 0.2) is 18.2 Å². The molecule has 1 unspecified atom stereocenters. The molecule has 3 rings (SSSR count). The van der Waals surface area contributed by atoms with Crippen molar-refractivity contribution in [2.75, 3.05) is 13.1 Å². The lowest BCUT2D eigenvalue weighted by atomic mass is 9.90. The number of halogens is 1. The average Bonchev–Trinajstić information content (AvgIpc) is 2.50. The van der Waals surface area contributed by atoms with Crippen LogP contribution in [0.4, 0.5) is 4.39 Å². The SMILES string of the molecule is O=C1CCC(c2ccc(OC3CCNCC3)c(F)c2)C(=O)N1. The Bertz CT molecular complexity index is 585. The molecule has 1 atom stereocenters. The molecular weight excluding hydrogens is 287 g/mol. The number of imide groups is 1. The van der Waals surface area contributed by atoms with E-state index in [0.29, 0.717) is 12.0 Å². The average molecular weight is 306 g/mol. The van der Waals surface area contributed by atoms with Gasteiger partial charge < -0.3 is 10.1 Å². The molecule has 2 saturated heterocycles. The van der Waals surface area contributed by atoms with E-state index in [9.17, 15) is 14.0 Å². The summed E-state index contributed by atoms with van der Waals surface area (Å²) in [4.78, 5) is 23.0. The highest BCUT2D eigenvalue weighted by atomic mass is 19.1. The van der Waals surface area contributed by atoms with Gasteiger partial charge in [-0.3, -0.25) is 14.9 Å². The summed E-state index contributed by atoms with van der Waals surface area (Å²) in [5.41, 5.74) is 0.583. The minimum atomic E-state index is -0.472. The third kappa shape index (κ3) is 3.27. The van der Waals surface area contributed by atoms with Gasteiger partial charge >= 0.3 is 0 Å². The molecule has 0 spiro atoms. The van der Waals surface area contributed by atoms with E-state index in [1.165, 1.54) is 6.07 Å². The molecule has 118 valence electrons. The van der Waals surface area contributed by atoms with Crippen LogP contribution in [0.2, 0.25) is 0 Å². The van der Waals surface area contributed by atoms with E-state index < -0.39 is 11.7 Å². The van der Waals surface area contributed by atoms with Crippen LogP contribution in [0, 0.1) is 5.82 Å². The molecule has 0 radical (unpaired) electrons. The molecule has 2 N–H and O–H groups in total. The monoisotopic (exact) mass is 306 g/mol. The number of rotatable bonds is 3. The third-order valence-electron chi connectivity index (χ3n) is 4.18. The fourth-order valence-corrected chi connectivity index (χ4v) is 2.93. The smallest absolute Gasteiger partial charge is 0.234 e. The molecule has 0 aromatic heterocycles. The molecular formula is C16H19FN2O3. The maximum atomic E-state index is 14.2. The minimum absolute atomic E-state index is 0.0252. The van der Waals surface area contributed by atoms with Crippen LogP contribution in [0.3, 0.4) is 0 Å². The van der Waals surface area contributed by atoms with Crippen molar-refractivity contribution in [2.45, 2.75) is 37.7 Å². The van der Waals surface area contributed by atoms with Gasteiger partial charge in [-0.25, -0.2) is 4.39 Å². The lowest BCUT2D eigenvalue weighted by molar-refractivity contribution is -0.134. The van der Waals surface area contributed by atoms with Crippen molar-refractivity contribution in [1.29, 1.82) is 0 Å². The van der Waals surface area contributed by atoms with Crippen molar-refractivity contribution in [3.05, 3.63) is 29.6 Å². The molecule has 6 heteroatoms. The first kappa shape index (κ1) is 15.0. The molecule has 2 heterocycles. The van der Waals surface area contributed by atoms with Crippen LogP contribution in [-0.2, 0) is 9.59 Å². The molecule has 2 fully saturated rings. The minimum Gasteiger partial charge on any atom is -0.487 e. The second-order valence-corrected chi connectivity index (χ2v) is 5.76. The Morgan fingerprint density at radius 1 is 1.14 bits per heavy atom. The van der Waals surface area contributed by atoms with Crippen molar-refractivity contribution in [3.63, 3.8) is 0 Å². The van der Waals surface area contributed by atoms with Crippen molar-refractivity contribution in [1.82, 2.24) is 10.6 Å². The van der Waals surface area contributed by atoms with Gasteiger partial charge in [-0.1, -0.05) is 6.07 Å². The van der Waals surface area contributed by atoms with Crippen molar-refractivity contribution >= 4 is 11.8 Å². The number of hydrogen-bond acceptors (Lipinski definition) is 4. The van der Waals surface area contributed by atoms with Crippen molar-refractivity contribution in [2.24, 2.45) is 0 Å². The summed E-state index contributed by atoms with van der Waals surface area (Å²) in [6.07, 6.45) is 2.43. The van der Waals surface area contributed by atoms with Gasteiger partial charge in [0, 0.05) is 6.42 Å². The van der Waals surface area contributed by atoms with Gasteiger partial charge in [-0.2, -0.15) is 0 Å². The second-order valence-electron chi connectivity index (χ2n) is 5.76. The normalized spacial score (nSPS) is 23.2. The Balaban J connectivity index is 1.71. The van der Waals surface area contributed by atoms with E-state index in [1.54, 1.807) is 12.1 Å².